The molecule has 1 aliphatic rings. The van der Waals surface area contributed by atoms with Crippen molar-refractivity contribution in [3.8, 4) is 0 Å². The van der Waals surface area contributed by atoms with Crippen molar-refractivity contribution in [2.45, 2.75) is 18.6 Å². The van der Waals surface area contributed by atoms with Crippen LogP contribution in [0.15, 0.2) is 0 Å². The van der Waals surface area contributed by atoms with Crippen molar-refractivity contribution in [2.24, 2.45) is 5.92 Å². The lowest BCUT2D eigenvalue weighted by Gasteiger charge is -2.12. The molecule has 1 fully saturated rings. The van der Waals surface area contributed by atoms with Crippen molar-refractivity contribution < 1.29 is 18.3 Å². The van der Waals surface area contributed by atoms with Gasteiger partial charge in [0.05, 0.1) is 12.5 Å². The highest BCUT2D eigenvalue weighted by Crippen LogP contribution is 2.32. The molecule has 0 radical (unpaired) electrons. The topological polar surface area (TPSA) is 32.3 Å². The molecular formula is C6H11ClF3NO. The highest BCUT2D eigenvalue weighted by Gasteiger charge is 2.43. The van der Waals surface area contributed by atoms with Crippen LogP contribution in [0, 0.1) is 5.92 Å². The first-order chi connectivity index (χ1) is 5.04. The second-order valence-electron chi connectivity index (χ2n) is 2.76. The fraction of sp³-hybridized carbons (Fsp3) is 1.00. The Balaban J connectivity index is 0.00000121. The van der Waals surface area contributed by atoms with Crippen molar-refractivity contribution in [1.82, 2.24) is 5.32 Å². The van der Waals surface area contributed by atoms with E-state index in [2.05, 4.69) is 5.32 Å². The van der Waals surface area contributed by atoms with E-state index in [9.17, 15) is 13.2 Å². The molecule has 6 heteroatoms. The van der Waals surface area contributed by atoms with Crippen LogP contribution in [-0.4, -0.2) is 30.5 Å². The normalized spacial score (nSPS) is 30.0. The first kappa shape index (κ1) is 12.0. The zero-order valence-corrected chi connectivity index (χ0v) is 7.08. The summed E-state index contributed by atoms with van der Waals surface area (Å²) in [6, 6.07) is -0.373. The van der Waals surface area contributed by atoms with Gasteiger partial charge in [-0.25, -0.2) is 0 Å². The van der Waals surface area contributed by atoms with Gasteiger partial charge in [0.15, 0.2) is 0 Å². The van der Waals surface area contributed by atoms with Crippen LogP contribution in [0.25, 0.3) is 0 Å². The van der Waals surface area contributed by atoms with E-state index >= 15 is 0 Å². The largest absolute Gasteiger partial charge is 0.395 e. The molecule has 0 aromatic heterocycles. The van der Waals surface area contributed by atoms with Crippen molar-refractivity contribution >= 4 is 12.4 Å². The molecular weight excluding hydrogens is 195 g/mol. The van der Waals surface area contributed by atoms with Crippen molar-refractivity contribution in [3.05, 3.63) is 0 Å². The van der Waals surface area contributed by atoms with E-state index in [1.54, 1.807) is 0 Å². The van der Waals surface area contributed by atoms with Crippen LogP contribution in [0.4, 0.5) is 13.2 Å². The SMILES string of the molecule is Cl.OC[C@@H]1C[C@@H](C(F)(F)F)CN1. The van der Waals surface area contributed by atoms with E-state index in [0.29, 0.717) is 0 Å². The second kappa shape index (κ2) is 4.30. The Morgan fingerprint density at radius 1 is 1.42 bits per heavy atom. The Hall–Kier alpha value is -0.0000000000000000486. The lowest BCUT2D eigenvalue weighted by Crippen LogP contribution is -2.25. The average Bonchev–Trinajstić information content (AvgIpc) is 2.32. The molecule has 0 spiro atoms. The molecule has 2 atom stereocenters. The Morgan fingerprint density at radius 3 is 2.25 bits per heavy atom. The lowest BCUT2D eigenvalue weighted by atomic mass is 10.1. The third kappa shape index (κ3) is 2.80. The number of nitrogens with one attached hydrogen (secondary N) is 1. The Labute approximate surface area is 74.6 Å². The van der Waals surface area contributed by atoms with Crippen LogP contribution in [0.1, 0.15) is 6.42 Å². The van der Waals surface area contributed by atoms with Gasteiger partial charge in [0.2, 0.25) is 0 Å². The van der Waals surface area contributed by atoms with E-state index in [-0.39, 0.29) is 38.0 Å². The van der Waals surface area contributed by atoms with E-state index in [1.165, 1.54) is 0 Å². The molecule has 12 heavy (non-hydrogen) atoms. The standard InChI is InChI=1S/C6H10F3NO.ClH/c7-6(8,9)4-1-5(3-11)10-2-4;/h4-5,10-11H,1-3H2;1H/t4-,5+;/m1./s1. The predicted octanol–water partition coefficient (Wildman–Crippen LogP) is 0.941. The number of rotatable bonds is 1. The van der Waals surface area contributed by atoms with Gasteiger partial charge >= 0.3 is 6.18 Å². The maximum absolute atomic E-state index is 11.9. The first-order valence-corrected chi connectivity index (χ1v) is 3.45. The van der Waals surface area contributed by atoms with Crippen molar-refractivity contribution in [2.75, 3.05) is 13.2 Å². The molecule has 1 rings (SSSR count). The van der Waals surface area contributed by atoms with Crippen LogP contribution in [0.5, 0.6) is 0 Å². The number of alkyl halides is 3. The fourth-order valence-corrected chi connectivity index (χ4v) is 1.21. The van der Waals surface area contributed by atoms with E-state index in [0.717, 1.165) is 0 Å². The molecule has 0 aliphatic carbocycles. The number of aliphatic hydroxyl groups excluding tert-OH is 1. The summed E-state index contributed by atoms with van der Waals surface area (Å²) in [7, 11) is 0. The van der Waals surface area contributed by atoms with Crippen LogP contribution in [0.3, 0.4) is 0 Å². The Bertz CT molecular complexity index is 141. The minimum atomic E-state index is -4.11. The quantitative estimate of drug-likeness (QED) is 0.668. The van der Waals surface area contributed by atoms with Gasteiger partial charge in [-0.1, -0.05) is 0 Å². The van der Waals surface area contributed by atoms with E-state index < -0.39 is 12.1 Å². The smallest absolute Gasteiger partial charge is 0.393 e. The molecule has 0 aromatic carbocycles. The summed E-state index contributed by atoms with van der Waals surface area (Å²) in [5, 5.41) is 11.1. The van der Waals surface area contributed by atoms with Gasteiger partial charge < -0.3 is 10.4 Å². The van der Waals surface area contributed by atoms with Crippen molar-refractivity contribution in [1.29, 1.82) is 0 Å². The molecule has 2 nitrogen and oxygen atoms in total. The highest BCUT2D eigenvalue weighted by molar-refractivity contribution is 5.85. The second-order valence-corrected chi connectivity index (χ2v) is 2.76. The van der Waals surface area contributed by atoms with Gasteiger partial charge in [-0.15, -0.1) is 12.4 Å². The summed E-state index contributed by atoms with van der Waals surface area (Å²) in [6.07, 6.45) is -4.11. The average molecular weight is 206 g/mol. The zero-order valence-electron chi connectivity index (χ0n) is 6.27. The molecule has 0 bridgehead atoms. The molecule has 0 amide bonds. The van der Waals surface area contributed by atoms with Gasteiger partial charge in [-0.3, -0.25) is 0 Å². The van der Waals surface area contributed by atoms with Crippen molar-refractivity contribution in [3.63, 3.8) is 0 Å². The maximum Gasteiger partial charge on any atom is 0.393 e. The predicted molar refractivity (Wildman–Crippen MR) is 40.3 cm³/mol. The monoisotopic (exact) mass is 205 g/mol. The molecule has 2 N–H and O–H groups in total. The minimum Gasteiger partial charge on any atom is -0.395 e. The lowest BCUT2D eigenvalue weighted by molar-refractivity contribution is -0.169. The van der Waals surface area contributed by atoms with Crippen LogP contribution < -0.4 is 5.32 Å². The summed E-state index contributed by atoms with van der Waals surface area (Å²) < 4.78 is 35.8. The Kier molecular flexibility index (Phi) is 4.30. The number of halogens is 4. The van der Waals surface area contributed by atoms with Crippen LogP contribution in [0.2, 0.25) is 0 Å². The van der Waals surface area contributed by atoms with Gasteiger partial charge in [-0.05, 0) is 6.42 Å². The molecule has 1 saturated heterocycles. The van der Waals surface area contributed by atoms with Gasteiger partial charge in [-0.2, -0.15) is 13.2 Å². The Morgan fingerprint density at radius 2 is 2.00 bits per heavy atom. The van der Waals surface area contributed by atoms with Gasteiger partial charge in [0, 0.05) is 12.6 Å². The third-order valence-corrected chi connectivity index (χ3v) is 1.91. The summed E-state index contributed by atoms with van der Waals surface area (Å²) in [5.41, 5.74) is 0. The number of aliphatic hydroxyl groups is 1. The molecule has 1 heterocycles. The van der Waals surface area contributed by atoms with Crippen LogP contribution >= 0.6 is 12.4 Å². The number of hydrogen-bond donors (Lipinski definition) is 2. The maximum atomic E-state index is 11.9. The zero-order chi connectivity index (χ0) is 8.48. The molecule has 0 aromatic rings. The third-order valence-electron chi connectivity index (χ3n) is 1.91. The summed E-state index contributed by atoms with van der Waals surface area (Å²) in [6.45, 7) is -0.276. The summed E-state index contributed by atoms with van der Waals surface area (Å²) in [4.78, 5) is 0. The van der Waals surface area contributed by atoms with Crippen LogP contribution in [-0.2, 0) is 0 Å². The van der Waals surface area contributed by atoms with E-state index in [4.69, 9.17) is 5.11 Å². The molecule has 1 aliphatic heterocycles. The van der Waals surface area contributed by atoms with E-state index in [1.807, 2.05) is 0 Å². The summed E-state index contributed by atoms with van der Waals surface area (Å²) in [5.74, 6) is -1.28. The molecule has 0 unspecified atom stereocenters. The molecule has 74 valence electrons. The first-order valence-electron chi connectivity index (χ1n) is 3.45. The highest BCUT2D eigenvalue weighted by atomic mass is 35.5. The summed E-state index contributed by atoms with van der Waals surface area (Å²) >= 11 is 0. The molecule has 0 saturated carbocycles. The van der Waals surface area contributed by atoms with Gasteiger partial charge in [0.1, 0.15) is 0 Å². The van der Waals surface area contributed by atoms with Gasteiger partial charge in [0.25, 0.3) is 0 Å². The number of hydrogen-bond acceptors (Lipinski definition) is 2. The fourth-order valence-electron chi connectivity index (χ4n) is 1.21. The minimum absolute atomic E-state index is 0.